The summed E-state index contributed by atoms with van der Waals surface area (Å²) in [6, 6.07) is 11.4. The Hall–Kier alpha value is -2.12. The van der Waals surface area contributed by atoms with Crippen molar-refractivity contribution in [2.45, 2.75) is 6.42 Å². The van der Waals surface area contributed by atoms with E-state index in [-0.39, 0.29) is 19.1 Å². The predicted molar refractivity (Wildman–Crippen MR) is 92.2 cm³/mol. The van der Waals surface area contributed by atoms with Gasteiger partial charge in [0.05, 0.1) is 16.6 Å². The minimum absolute atomic E-state index is 0.109. The van der Waals surface area contributed by atoms with E-state index in [4.69, 9.17) is 9.47 Å². The molecule has 1 aliphatic rings. The number of ether oxygens (including phenoxy) is 2. The number of carbonyl (C=O) groups excluding carboxylic acids is 1. The molecule has 0 spiro atoms. The average Bonchev–Trinajstić information content (AvgIpc) is 3.11. The summed E-state index contributed by atoms with van der Waals surface area (Å²) in [6.07, 6.45) is 0.260. The minimum atomic E-state index is -0.109. The summed E-state index contributed by atoms with van der Waals surface area (Å²) >= 11 is 4.88. The summed E-state index contributed by atoms with van der Waals surface area (Å²) in [7, 11) is 0. The van der Waals surface area contributed by atoms with Crippen molar-refractivity contribution in [1.82, 2.24) is 4.98 Å². The second kappa shape index (κ2) is 5.82. The molecule has 2 heterocycles. The number of aromatic nitrogens is 1. The van der Waals surface area contributed by atoms with E-state index < -0.39 is 0 Å². The van der Waals surface area contributed by atoms with Crippen molar-refractivity contribution >= 4 is 48.5 Å². The van der Waals surface area contributed by atoms with Gasteiger partial charge in [-0.3, -0.25) is 4.79 Å². The SMILES string of the molecule is O=C(Cc1ccc2c(c1)OCO2)Nc1nc2ccc(Br)cc2s1. The molecule has 0 fully saturated rings. The fourth-order valence-electron chi connectivity index (χ4n) is 2.35. The molecule has 0 saturated heterocycles. The van der Waals surface area contributed by atoms with Crippen molar-refractivity contribution in [3.63, 3.8) is 0 Å². The second-order valence-electron chi connectivity index (χ2n) is 5.04. The van der Waals surface area contributed by atoms with Gasteiger partial charge in [0.25, 0.3) is 0 Å². The molecule has 1 aliphatic heterocycles. The van der Waals surface area contributed by atoms with Crippen LogP contribution in [0.15, 0.2) is 40.9 Å². The van der Waals surface area contributed by atoms with E-state index in [0.717, 1.165) is 20.3 Å². The summed E-state index contributed by atoms with van der Waals surface area (Å²) in [4.78, 5) is 16.6. The lowest BCUT2D eigenvalue weighted by molar-refractivity contribution is -0.115. The zero-order valence-electron chi connectivity index (χ0n) is 11.8. The number of benzene rings is 2. The van der Waals surface area contributed by atoms with Crippen LogP contribution in [-0.2, 0) is 11.2 Å². The number of carbonyl (C=O) groups is 1. The molecule has 0 bridgehead atoms. The number of hydrogen-bond donors (Lipinski definition) is 1. The van der Waals surface area contributed by atoms with Crippen molar-refractivity contribution in [3.05, 3.63) is 46.4 Å². The van der Waals surface area contributed by atoms with Gasteiger partial charge in [-0.05, 0) is 35.9 Å². The summed E-state index contributed by atoms with van der Waals surface area (Å²) in [5, 5.41) is 3.45. The van der Waals surface area contributed by atoms with E-state index in [1.54, 1.807) is 0 Å². The highest BCUT2D eigenvalue weighted by molar-refractivity contribution is 9.10. The van der Waals surface area contributed by atoms with Crippen LogP contribution in [0.2, 0.25) is 0 Å². The molecular formula is C16H11BrN2O3S. The lowest BCUT2D eigenvalue weighted by Crippen LogP contribution is -2.14. The van der Waals surface area contributed by atoms with Gasteiger partial charge in [-0.1, -0.05) is 33.3 Å². The van der Waals surface area contributed by atoms with Gasteiger partial charge in [-0.2, -0.15) is 0 Å². The zero-order valence-corrected chi connectivity index (χ0v) is 14.2. The normalized spacial score (nSPS) is 12.6. The lowest BCUT2D eigenvalue weighted by atomic mass is 10.1. The monoisotopic (exact) mass is 390 g/mol. The molecule has 23 heavy (non-hydrogen) atoms. The fraction of sp³-hybridized carbons (Fsp3) is 0.125. The first kappa shape index (κ1) is 14.5. The van der Waals surface area contributed by atoms with Gasteiger partial charge in [-0.25, -0.2) is 4.98 Å². The highest BCUT2D eigenvalue weighted by Crippen LogP contribution is 2.33. The third-order valence-electron chi connectivity index (χ3n) is 3.40. The Labute approximate surface area is 144 Å². The highest BCUT2D eigenvalue weighted by atomic mass is 79.9. The molecule has 4 rings (SSSR count). The van der Waals surface area contributed by atoms with Crippen LogP contribution < -0.4 is 14.8 Å². The van der Waals surface area contributed by atoms with E-state index in [1.807, 2.05) is 36.4 Å². The van der Waals surface area contributed by atoms with Crippen molar-refractivity contribution in [1.29, 1.82) is 0 Å². The van der Waals surface area contributed by atoms with E-state index in [9.17, 15) is 4.79 Å². The number of anilines is 1. The van der Waals surface area contributed by atoms with Crippen LogP contribution in [0.5, 0.6) is 11.5 Å². The Bertz CT molecular complexity index is 909. The van der Waals surface area contributed by atoms with Crippen LogP contribution in [0, 0.1) is 0 Å². The molecule has 2 aromatic carbocycles. The number of hydrogen-bond acceptors (Lipinski definition) is 5. The van der Waals surface area contributed by atoms with Gasteiger partial charge < -0.3 is 14.8 Å². The Morgan fingerprint density at radius 1 is 1.22 bits per heavy atom. The first-order valence-corrected chi connectivity index (χ1v) is 8.53. The molecule has 0 aliphatic carbocycles. The quantitative estimate of drug-likeness (QED) is 0.734. The van der Waals surface area contributed by atoms with E-state index in [1.165, 1.54) is 11.3 Å². The number of fused-ring (bicyclic) bond motifs is 2. The Morgan fingerprint density at radius 3 is 3.00 bits per heavy atom. The molecule has 1 aromatic heterocycles. The highest BCUT2D eigenvalue weighted by Gasteiger charge is 2.15. The lowest BCUT2D eigenvalue weighted by Gasteiger charge is -2.03. The first-order chi connectivity index (χ1) is 11.2. The van der Waals surface area contributed by atoms with Gasteiger partial charge >= 0.3 is 0 Å². The third kappa shape index (κ3) is 3.02. The molecular weight excluding hydrogens is 380 g/mol. The van der Waals surface area contributed by atoms with E-state index >= 15 is 0 Å². The molecule has 0 radical (unpaired) electrons. The molecule has 1 amide bonds. The van der Waals surface area contributed by atoms with Crippen molar-refractivity contribution in [2.24, 2.45) is 0 Å². The fourth-order valence-corrected chi connectivity index (χ4v) is 3.79. The van der Waals surface area contributed by atoms with E-state index in [2.05, 4.69) is 26.2 Å². The van der Waals surface area contributed by atoms with Crippen LogP contribution in [0.1, 0.15) is 5.56 Å². The molecule has 0 atom stereocenters. The first-order valence-electron chi connectivity index (χ1n) is 6.92. The Balaban J connectivity index is 1.48. The zero-order chi connectivity index (χ0) is 15.8. The number of nitrogens with one attached hydrogen (secondary N) is 1. The van der Waals surface area contributed by atoms with Crippen molar-refractivity contribution in [3.8, 4) is 11.5 Å². The number of rotatable bonds is 3. The van der Waals surface area contributed by atoms with Crippen LogP contribution in [0.4, 0.5) is 5.13 Å². The smallest absolute Gasteiger partial charge is 0.231 e. The van der Waals surface area contributed by atoms with Gasteiger partial charge in [0.2, 0.25) is 12.7 Å². The van der Waals surface area contributed by atoms with Crippen LogP contribution in [0.3, 0.4) is 0 Å². The molecule has 1 N–H and O–H groups in total. The summed E-state index contributed by atoms with van der Waals surface area (Å²) < 4.78 is 12.6. The molecule has 3 aromatic rings. The van der Waals surface area contributed by atoms with Crippen LogP contribution >= 0.6 is 27.3 Å². The topological polar surface area (TPSA) is 60.5 Å². The summed E-state index contributed by atoms with van der Waals surface area (Å²) in [5.74, 6) is 1.29. The number of amides is 1. The van der Waals surface area contributed by atoms with Crippen molar-refractivity contribution in [2.75, 3.05) is 12.1 Å². The van der Waals surface area contributed by atoms with Gasteiger partial charge in [0.1, 0.15) is 0 Å². The standard InChI is InChI=1S/C16H11BrN2O3S/c17-10-2-3-11-14(7-10)23-16(18-11)19-15(20)6-9-1-4-12-13(5-9)22-8-21-12/h1-5,7H,6,8H2,(H,18,19,20). The van der Waals surface area contributed by atoms with Gasteiger partial charge in [0.15, 0.2) is 16.6 Å². The minimum Gasteiger partial charge on any atom is -0.454 e. The number of halogens is 1. The predicted octanol–water partition coefficient (Wildman–Crippen LogP) is 3.97. The Kier molecular flexibility index (Phi) is 3.66. The van der Waals surface area contributed by atoms with Gasteiger partial charge in [0, 0.05) is 4.47 Å². The molecule has 0 unspecified atom stereocenters. The molecule has 7 heteroatoms. The molecule has 116 valence electrons. The Morgan fingerprint density at radius 2 is 2.09 bits per heavy atom. The summed E-state index contributed by atoms with van der Waals surface area (Å²) in [5.41, 5.74) is 1.74. The summed E-state index contributed by atoms with van der Waals surface area (Å²) in [6.45, 7) is 0.228. The number of thiazole rings is 1. The van der Waals surface area contributed by atoms with Crippen LogP contribution in [-0.4, -0.2) is 17.7 Å². The van der Waals surface area contributed by atoms with Gasteiger partial charge in [-0.15, -0.1) is 0 Å². The third-order valence-corrected chi connectivity index (χ3v) is 4.83. The largest absolute Gasteiger partial charge is 0.454 e. The second-order valence-corrected chi connectivity index (χ2v) is 6.99. The van der Waals surface area contributed by atoms with Crippen molar-refractivity contribution < 1.29 is 14.3 Å². The van der Waals surface area contributed by atoms with Crippen LogP contribution in [0.25, 0.3) is 10.2 Å². The maximum absolute atomic E-state index is 12.2. The molecule has 5 nitrogen and oxygen atoms in total. The van der Waals surface area contributed by atoms with E-state index in [0.29, 0.717) is 16.6 Å². The maximum atomic E-state index is 12.2. The average molecular weight is 391 g/mol. The molecule has 0 saturated carbocycles. The maximum Gasteiger partial charge on any atom is 0.231 e. The number of nitrogens with zero attached hydrogens (tertiary/aromatic N) is 1.